The molecule has 0 fully saturated rings. The molecule has 106 valence electrons. The number of pyridine rings is 1. The molecule has 1 amide bonds. The minimum Gasteiger partial charge on any atom is -0.384 e. The van der Waals surface area contributed by atoms with E-state index < -0.39 is 0 Å². The summed E-state index contributed by atoms with van der Waals surface area (Å²) in [6.07, 6.45) is 5.83. The molecule has 0 spiro atoms. The summed E-state index contributed by atoms with van der Waals surface area (Å²) in [4.78, 5) is 16.0. The first kappa shape index (κ1) is 14.7. The average molecular weight is 339 g/mol. The molecule has 0 atom stereocenters. The Balaban J connectivity index is 1.93. The van der Waals surface area contributed by atoms with Crippen LogP contribution in [0.15, 0.2) is 35.2 Å². The second kappa shape index (κ2) is 7.16. The Hall–Kier alpha value is -1.73. The normalized spacial score (nSPS) is 10.5. The first-order valence-corrected chi connectivity index (χ1v) is 6.88. The van der Waals surface area contributed by atoms with Crippen LogP contribution in [0, 0.1) is 0 Å². The van der Waals surface area contributed by atoms with Gasteiger partial charge in [0.2, 0.25) is 5.91 Å². The number of rotatable bonds is 6. The number of nitrogens with zero attached hydrogens (tertiary/aromatic N) is 3. The third-order valence-corrected chi connectivity index (χ3v) is 3.00. The van der Waals surface area contributed by atoms with Crippen molar-refractivity contribution in [3.05, 3.63) is 40.8 Å². The van der Waals surface area contributed by atoms with Gasteiger partial charge in [0, 0.05) is 19.5 Å². The Morgan fingerprint density at radius 1 is 1.55 bits per heavy atom. The fourth-order valence-electron chi connectivity index (χ4n) is 1.67. The first-order valence-electron chi connectivity index (χ1n) is 6.09. The maximum absolute atomic E-state index is 11.9. The van der Waals surface area contributed by atoms with Crippen molar-refractivity contribution < 1.29 is 9.53 Å². The summed E-state index contributed by atoms with van der Waals surface area (Å²) < 4.78 is 7.41. The van der Waals surface area contributed by atoms with Crippen LogP contribution in [0.2, 0.25) is 0 Å². The molecule has 20 heavy (non-hydrogen) atoms. The monoisotopic (exact) mass is 338 g/mol. The molecule has 2 heterocycles. The molecule has 0 saturated heterocycles. The molecule has 0 aliphatic carbocycles. The van der Waals surface area contributed by atoms with Gasteiger partial charge in [-0.2, -0.15) is 5.10 Å². The van der Waals surface area contributed by atoms with Crippen LogP contribution in [0.25, 0.3) is 0 Å². The quantitative estimate of drug-likeness (QED) is 0.872. The molecule has 0 bridgehead atoms. The van der Waals surface area contributed by atoms with Gasteiger partial charge in [-0.25, -0.2) is 4.98 Å². The number of anilines is 1. The van der Waals surface area contributed by atoms with Crippen molar-refractivity contribution in [2.75, 3.05) is 19.0 Å². The minimum atomic E-state index is -0.169. The molecule has 2 aromatic heterocycles. The van der Waals surface area contributed by atoms with Gasteiger partial charge in [0.15, 0.2) is 0 Å². The maximum Gasteiger partial charge on any atom is 0.247 e. The van der Waals surface area contributed by atoms with E-state index in [2.05, 4.69) is 31.3 Å². The van der Waals surface area contributed by atoms with Gasteiger partial charge >= 0.3 is 0 Å². The molecule has 0 unspecified atom stereocenters. The van der Waals surface area contributed by atoms with Gasteiger partial charge in [0.1, 0.15) is 12.4 Å². The topological polar surface area (TPSA) is 69.0 Å². The average Bonchev–Trinajstić information content (AvgIpc) is 2.82. The zero-order valence-corrected chi connectivity index (χ0v) is 12.6. The van der Waals surface area contributed by atoms with E-state index in [1.54, 1.807) is 30.4 Å². The van der Waals surface area contributed by atoms with Gasteiger partial charge in [-0.3, -0.25) is 9.48 Å². The SMILES string of the molecule is COCCc1ccnc(NC(=O)Cn2cc(Br)cn2)c1. The van der Waals surface area contributed by atoms with Crippen LogP contribution < -0.4 is 5.32 Å². The molecule has 0 radical (unpaired) electrons. The molecular formula is C13H15BrN4O2. The number of hydrogen-bond acceptors (Lipinski definition) is 4. The predicted molar refractivity (Wildman–Crippen MR) is 78.4 cm³/mol. The van der Waals surface area contributed by atoms with E-state index in [-0.39, 0.29) is 12.5 Å². The highest BCUT2D eigenvalue weighted by molar-refractivity contribution is 9.10. The van der Waals surface area contributed by atoms with Gasteiger partial charge in [0.05, 0.1) is 17.3 Å². The molecule has 2 rings (SSSR count). The summed E-state index contributed by atoms with van der Waals surface area (Å²) in [6, 6.07) is 3.75. The Kier molecular flexibility index (Phi) is 5.25. The summed E-state index contributed by atoms with van der Waals surface area (Å²) in [6.45, 7) is 0.786. The van der Waals surface area contributed by atoms with E-state index in [1.165, 1.54) is 0 Å². The van der Waals surface area contributed by atoms with Crippen LogP contribution in [0.4, 0.5) is 5.82 Å². The summed E-state index contributed by atoms with van der Waals surface area (Å²) in [5.74, 6) is 0.367. The van der Waals surface area contributed by atoms with Crippen LogP contribution in [0.3, 0.4) is 0 Å². The van der Waals surface area contributed by atoms with Crippen LogP contribution in [0.1, 0.15) is 5.56 Å². The zero-order chi connectivity index (χ0) is 14.4. The fourth-order valence-corrected chi connectivity index (χ4v) is 2.00. The number of methoxy groups -OCH3 is 1. The molecular weight excluding hydrogens is 324 g/mol. The number of aromatic nitrogens is 3. The maximum atomic E-state index is 11.9. The van der Waals surface area contributed by atoms with Crippen LogP contribution in [0.5, 0.6) is 0 Å². The number of hydrogen-bond donors (Lipinski definition) is 1. The number of halogens is 1. The van der Waals surface area contributed by atoms with Crippen molar-refractivity contribution in [2.24, 2.45) is 0 Å². The molecule has 2 aromatic rings. The van der Waals surface area contributed by atoms with Crippen molar-refractivity contribution in [2.45, 2.75) is 13.0 Å². The van der Waals surface area contributed by atoms with Crippen LogP contribution >= 0.6 is 15.9 Å². The third-order valence-electron chi connectivity index (χ3n) is 2.59. The smallest absolute Gasteiger partial charge is 0.247 e. The fraction of sp³-hybridized carbons (Fsp3) is 0.308. The molecule has 6 nitrogen and oxygen atoms in total. The van der Waals surface area contributed by atoms with Crippen molar-refractivity contribution in [1.82, 2.24) is 14.8 Å². The number of amides is 1. The summed E-state index contributed by atoms with van der Waals surface area (Å²) in [7, 11) is 1.66. The molecule has 7 heteroatoms. The summed E-state index contributed by atoms with van der Waals surface area (Å²) in [5.41, 5.74) is 1.07. The standard InChI is InChI=1S/C13H15BrN4O2/c1-20-5-3-10-2-4-15-12(6-10)17-13(19)9-18-8-11(14)7-16-18/h2,4,6-8H,3,5,9H2,1H3,(H,15,17,19). The van der Waals surface area contributed by atoms with Crippen molar-refractivity contribution in [3.8, 4) is 0 Å². The van der Waals surface area contributed by atoms with Crippen molar-refractivity contribution in [1.29, 1.82) is 0 Å². The van der Waals surface area contributed by atoms with E-state index in [0.717, 1.165) is 16.5 Å². The largest absolute Gasteiger partial charge is 0.384 e. The van der Waals surface area contributed by atoms with E-state index in [4.69, 9.17) is 4.74 Å². The summed E-state index contributed by atoms with van der Waals surface area (Å²) in [5, 5.41) is 6.78. The molecule has 0 aromatic carbocycles. The lowest BCUT2D eigenvalue weighted by Crippen LogP contribution is -2.19. The lowest BCUT2D eigenvalue weighted by molar-refractivity contribution is -0.116. The van der Waals surface area contributed by atoms with Gasteiger partial charge in [-0.1, -0.05) is 0 Å². The van der Waals surface area contributed by atoms with Crippen molar-refractivity contribution >= 4 is 27.7 Å². The number of ether oxygens (including phenoxy) is 1. The molecule has 1 N–H and O–H groups in total. The lowest BCUT2D eigenvalue weighted by atomic mass is 10.2. The summed E-state index contributed by atoms with van der Waals surface area (Å²) >= 11 is 3.28. The second-order valence-corrected chi connectivity index (χ2v) is 5.11. The van der Waals surface area contributed by atoms with E-state index >= 15 is 0 Å². The van der Waals surface area contributed by atoms with Crippen LogP contribution in [-0.4, -0.2) is 34.4 Å². The molecule has 0 aliphatic rings. The predicted octanol–water partition coefficient (Wildman–Crippen LogP) is 1.87. The van der Waals surface area contributed by atoms with Crippen molar-refractivity contribution in [3.63, 3.8) is 0 Å². The van der Waals surface area contributed by atoms with E-state index in [9.17, 15) is 4.79 Å². The first-order chi connectivity index (χ1) is 9.67. The highest BCUT2D eigenvalue weighted by Gasteiger charge is 2.06. The number of nitrogens with one attached hydrogen (secondary N) is 1. The second-order valence-electron chi connectivity index (χ2n) is 4.20. The lowest BCUT2D eigenvalue weighted by Gasteiger charge is -2.06. The van der Waals surface area contributed by atoms with Crippen LogP contribution in [-0.2, 0) is 22.5 Å². The Bertz CT molecular complexity index is 585. The Morgan fingerprint density at radius 3 is 3.10 bits per heavy atom. The van der Waals surface area contributed by atoms with Gasteiger partial charge in [-0.15, -0.1) is 0 Å². The minimum absolute atomic E-state index is 0.148. The zero-order valence-electron chi connectivity index (χ0n) is 11.0. The number of carbonyl (C=O) groups excluding carboxylic acids is 1. The van der Waals surface area contributed by atoms with E-state index in [0.29, 0.717) is 12.4 Å². The van der Waals surface area contributed by atoms with Gasteiger partial charge < -0.3 is 10.1 Å². The molecule has 0 saturated carbocycles. The Morgan fingerprint density at radius 2 is 2.40 bits per heavy atom. The Labute approximate surface area is 125 Å². The van der Waals surface area contributed by atoms with Gasteiger partial charge in [-0.05, 0) is 40.0 Å². The third kappa shape index (κ3) is 4.43. The highest BCUT2D eigenvalue weighted by Crippen LogP contribution is 2.09. The number of carbonyl (C=O) groups is 1. The highest BCUT2D eigenvalue weighted by atomic mass is 79.9. The molecule has 0 aliphatic heterocycles. The van der Waals surface area contributed by atoms with E-state index in [1.807, 2.05) is 12.1 Å². The van der Waals surface area contributed by atoms with Gasteiger partial charge in [0.25, 0.3) is 0 Å².